The molecule has 2 fully saturated rings. The Hall–Kier alpha value is -0.960. The highest BCUT2D eigenvalue weighted by atomic mass is 79.9. The van der Waals surface area contributed by atoms with Crippen molar-refractivity contribution in [3.05, 3.63) is 28.7 Å². The van der Waals surface area contributed by atoms with Crippen molar-refractivity contribution in [3.63, 3.8) is 0 Å². The van der Waals surface area contributed by atoms with Crippen molar-refractivity contribution < 1.29 is 13.2 Å². The highest BCUT2D eigenvalue weighted by Crippen LogP contribution is 2.27. The average Bonchev–Trinajstić information content (AvgIpc) is 3.05. The molecule has 0 aromatic heterocycles. The highest BCUT2D eigenvalue weighted by Gasteiger charge is 2.38. The van der Waals surface area contributed by atoms with Gasteiger partial charge in [0.2, 0.25) is 15.9 Å². The molecular weight excluding hydrogens is 394 g/mol. The summed E-state index contributed by atoms with van der Waals surface area (Å²) in [6.45, 7) is 4.89. The second-order valence-corrected chi connectivity index (χ2v) is 9.30. The number of carbonyl (C=O) groups excluding carboxylic acids is 1. The van der Waals surface area contributed by atoms with Crippen molar-refractivity contribution in [2.75, 3.05) is 32.7 Å². The van der Waals surface area contributed by atoms with Crippen molar-refractivity contribution in [1.82, 2.24) is 14.5 Å². The summed E-state index contributed by atoms with van der Waals surface area (Å²) < 4.78 is 27.7. The second-order valence-electron chi connectivity index (χ2n) is 6.45. The number of nitrogens with one attached hydrogen (secondary N) is 1. The number of carbonyl (C=O) groups is 1. The van der Waals surface area contributed by atoms with E-state index in [1.54, 1.807) is 24.3 Å². The molecule has 2 heterocycles. The maximum atomic E-state index is 12.8. The van der Waals surface area contributed by atoms with Crippen LogP contribution in [0.25, 0.3) is 0 Å². The zero-order chi connectivity index (χ0) is 17.3. The first-order valence-electron chi connectivity index (χ1n) is 8.16. The molecule has 2 unspecified atom stereocenters. The van der Waals surface area contributed by atoms with Gasteiger partial charge in [0.15, 0.2) is 0 Å². The molecule has 8 heteroatoms. The number of hydrogen-bond donors (Lipinski definition) is 1. The number of hydrogen-bond acceptors (Lipinski definition) is 4. The van der Waals surface area contributed by atoms with E-state index in [2.05, 4.69) is 28.2 Å². The number of sulfonamides is 1. The fraction of sp³-hybridized carbons (Fsp3) is 0.562. The molecular formula is C16H22BrN3O3S. The number of halogens is 1. The summed E-state index contributed by atoms with van der Waals surface area (Å²) in [6.07, 6.45) is 0.588. The van der Waals surface area contributed by atoms with Crippen molar-refractivity contribution in [1.29, 1.82) is 0 Å². The first-order chi connectivity index (χ1) is 11.4. The molecule has 6 nitrogen and oxygen atoms in total. The molecule has 24 heavy (non-hydrogen) atoms. The van der Waals surface area contributed by atoms with Gasteiger partial charge in [-0.05, 0) is 31.5 Å². The molecule has 1 amide bonds. The molecule has 0 saturated carbocycles. The minimum Gasteiger partial charge on any atom is -0.340 e. The van der Waals surface area contributed by atoms with Gasteiger partial charge >= 0.3 is 0 Å². The van der Waals surface area contributed by atoms with E-state index in [4.69, 9.17) is 0 Å². The summed E-state index contributed by atoms with van der Waals surface area (Å²) in [5, 5.41) is 3.31. The van der Waals surface area contributed by atoms with Gasteiger partial charge in [0, 0.05) is 43.2 Å². The maximum Gasteiger partial charge on any atom is 0.243 e. The zero-order valence-electron chi connectivity index (χ0n) is 13.6. The van der Waals surface area contributed by atoms with Gasteiger partial charge in [0.25, 0.3) is 0 Å². The molecule has 2 saturated heterocycles. The summed E-state index contributed by atoms with van der Waals surface area (Å²) in [7, 11) is -3.55. The van der Waals surface area contributed by atoms with E-state index in [1.165, 1.54) is 4.31 Å². The molecule has 0 spiro atoms. The van der Waals surface area contributed by atoms with Gasteiger partial charge in [-0.2, -0.15) is 4.31 Å². The SMILES string of the molecule is CC1CN(C(=O)C2CCN(S(=O)(=O)c3cccc(Br)c3)C2)CCN1. The zero-order valence-corrected chi connectivity index (χ0v) is 16.0. The van der Waals surface area contributed by atoms with E-state index >= 15 is 0 Å². The van der Waals surface area contributed by atoms with E-state index in [0.29, 0.717) is 26.1 Å². The van der Waals surface area contributed by atoms with Crippen LogP contribution in [0.1, 0.15) is 13.3 Å². The van der Waals surface area contributed by atoms with Gasteiger partial charge < -0.3 is 10.2 Å². The quantitative estimate of drug-likeness (QED) is 0.806. The minimum atomic E-state index is -3.55. The summed E-state index contributed by atoms with van der Waals surface area (Å²) in [4.78, 5) is 14.8. The summed E-state index contributed by atoms with van der Waals surface area (Å²) in [5.41, 5.74) is 0. The first kappa shape index (κ1) is 17.8. The van der Waals surface area contributed by atoms with Gasteiger partial charge in [-0.15, -0.1) is 0 Å². The monoisotopic (exact) mass is 415 g/mol. The van der Waals surface area contributed by atoms with Gasteiger partial charge in [0.05, 0.1) is 10.8 Å². The molecule has 0 bridgehead atoms. The Labute approximate surface area is 151 Å². The van der Waals surface area contributed by atoms with Crippen LogP contribution in [0.5, 0.6) is 0 Å². The van der Waals surface area contributed by atoms with Gasteiger partial charge in [-0.1, -0.05) is 22.0 Å². The third-order valence-electron chi connectivity index (χ3n) is 4.61. The molecule has 1 N–H and O–H groups in total. The Morgan fingerprint density at radius 3 is 2.79 bits per heavy atom. The molecule has 0 radical (unpaired) electrons. The first-order valence-corrected chi connectivity index (χ1v) is 10.4. The maximum absolute atomic E-state index is 12.8. The molecule has 1 aromatic carbocycles. The smallest absolute Gasteiger partial charge is 0.243 e. The van der Waals surface area contributed by atoms with E-state index in [1.807, 2.05) is 4.90 Å². The normalized spacial score (nSPS) is 25.8. The van der Waals surface area contributed by atoms with Crippen LogP contribution in [-0.4, -0.2) is 62.3 Å². The van der Waals surface area contributed by atoms with Crippen molar-refractivity contribution in [3.8, 4) is 0 Å². The molecule has 0 aliphatic carbocycles. The fourth-order valence-corrected chi connectivity index (χ4v) is 5.41. The topological polar surface area (TPSA) is 69.7 Å². The minimum absolute atomic E-state index is 0.0790. The van der Waals surface area contributed by atoms with Crippen molar-refractivity contribution in [2.45, 2.75) is 24.3 Å². The number of benzene rings is 1. The molecule has 132 valence electrons. The molecule has 2 aliphatic rings. The van der Waals surface area contributed by atoms with Gasteiger partial charge in [-0.3, -0.25) is 4.79 Å². The fourth-order valence-electron chi connectivity index (χ4n) is 3.32. The van der Waals surface area contributed by atoms with Crippen LogP contribution in [0.15, 0.2) is 33.6 Å². The summed E-state index contributed by atoms with van der Waals surface area (Å²) in [6, 6.07) is 6.97. The average molecular weight is 416 g/mol. The summed E-state index contributed by atoms with van der Waals surface area (Å²) in [5.74, 6) is -0.160. The molecule has 3 rings (SSSR count). The predicted molar refractivity (Wildman–Crippen MR) is 95.1 cm³/mol. The lowest BCUT2D eigenvalue weighted by Crippen LogP contribution is -2.53. The molecule has 1 aromatic rings. The Bertz CT molecular complexity index is 725. The van der Waals surface area contributed by atoms with E-state index in [-0.39, 0.29) is 29.3 Å². The number of amides is 1. The van der Waals surface area contributed by atoms with Crippen LogP contribution < -0.4 is 5.32 Å². The van der Waals surface area contributed by atoms with Crippen LogP contribution in [-0.2, 0) is 14.8 Å². The van der Waals surface area contributed by atoms with Crippen LogP contribution >= 0.6 is 15.9 Å². The van der Waals surface area contributed by atoms with Gasteiger partial charge in [-0.25, -0.2) is 8.42 Å². The van der Waals surface area contributed by atoms with Crippen molar-refractivity contribution >= 4 is 31.9 Å². The van der Waals surface area contributed by atoms with E-state index in [0.717, 1.165) is 11.0 Å². The predicted octanol–water partition coefficient (Wildman–Crippen LogP) is 1.28. The Kier molecular flexibility index (Phi) is 5.29. The lowest BCUT2D eigenvalue weighted by Gasteiger charge is -2.33. The molecule has 2 atom stereocenters. The molecule has 2 aliphatic heterocycles. The second kappa shape index (κ2) is 7.11. The van der Waals surface area contributed by atoms with Crippen LogP contribution in [0, 0.1) is 5.92 Å². The number of rotatable bonds is 3. The van der Waals surface area contributed by atoms with Gasteiger partial charge in [0.1, 0.15) is 0 Å². The largest absolute Gasteiger partial charge is 0.340 e. The standard InChI is InChI=1S/C16H22BrN3O3S/c1-12-10-19(8-6-18-12)16(21)13-5-7-20(11-13)24(22,23)15-4-2-3-14(17)9-15/h2-4,9,12-13,18H,5-8,10-11H2,1H3. The van der Waals surface area contributed by atoms with Crippen LogP contribution in [0.4, 0.5) is 0 Å². The third kappa shape index (κ3) is 3.66. The van der Waals surface area contributed by atoms with E-state index in [9.17, 15) is 13.2 Å². The Morgan fingerprint density at radius 2 is 2.08 bits per heavy atom. The number of piperazine rings is 1. The number of nitrogens with zero attached hydrogens (tertiary/aromatic N) is 2. The Balaban J connectivity index is 1.69. The highest BCUT2D eigenvalue weighted by molar-refractivity contribution is 9.10. The summed E-state index contributed by atoms with van der Waals surface area (Å²) >= 11 is 3.31. The lowest BCUT2D eigenvalue weighted by atomic mass is 10.1. The van der Waals surface area contributed by atoms with Crippen LogP contribution in [0.2, 0.25) is 0 Å². The third-order valence-corrected chi connectivity index (χ3v) is 6.97. The lowest BCUT2D eigenvalue weighted by molar-refractivity contribution is -0.136. The van der Waals surface area contributed by atoms with E-state index < -0.39 is 10.0 Å². The Morgan fingerprint density at radius 1 is 1.29 bits per heavy atom. The van der Waals surface area contributed by atoms with Crippen LogP contribution in [0.3, 0.4) is 0 Å². The van der Waals surface area contributed by atoms with Crippen molar-refractivity contribution in [2.24, 2.45) is 5.92 Å².